The van der Waals surface area contributed by atoms with Gasteiger partial charge in [-0.15, -0.1) is 0 Å². The van der Waals surface area contributed by atoms with Crippen molar-refractivity contribution in [2.24, 2.45) is 11.8 Å². The van der Waals surface area contributed by atoms with E-state index >= 15 is 0 Å². The van der Waals surface area contributed by atoms with Crippen molar-refractivity contribution in [1.29, 1.82) is 0 Å². The van der Waals surface area contributed by atoms with Crippen molar-refractivity contribution in [2.45, 2.75) is 83.6 Å². The first-order chi connectivity index (χ1) is 19.3. The Morgan fingerprint density at radius 3 is 2.00 bits per heavy atom. The lowest BCUT2D eigenvalue weighted by atomic mass is 9.96. The predicted octanol–water partition coefficient (Wildman–Crippen LogP) is 9.05. The third-order valence-electron chi connectivity index (χ3n) is 6.79. The number of halogens is 1. The summed E-state index contributed by atoms with van der Waals surface area (Å²) in [5.74, 6) is -0.660. The molecule has 0 N–H and O–H groups in total. The SMILES string of the molecule is CCCCCCCCCCOc1ccc(-c2ccc(OC(=O)C3C=CC=CC3(Cl)OC(=O)CC(C)C)cc2)cc1. The fourth-order valence-corrected chi connectivity index (χ4v) is 4.87. The van der Waals surface area contributed by atoms with Gasteiger partial charge in [-0.1, -0.05) is 120 Å². The first-order valence-corrected chi connectivity index (χ1v) is 15.0. The summed E-state index contributed by atoms with van der Waals surface area (Å²) >= 11 is 6.58. The van der Waals surface area contributed by atoms with Gasteiger partial charge in [0, 0.05) is 6.42 Å². The number of hydrogen-bond donors (Lipinski definition) is 0. The molecule has 1 aliphatic carbocycles. The minimum absolute atomic E-state index is 0.114. The third-order valence-corrected chi connectivity index (χ3v) is 7.23. The van der Waals surface area contributed by atoms with Crippen LogP contribution in [0.15, 0.2) is 72.8 Å². The fraction of sp³-hybridized carbons (Fsp3) is 0.471. The lowest BCUT2D eigenvalue weighted by Gasteiger charge is -2.31. The number of esters is 2. The molecule has 0 saturated carbocycles. The number of ether oxygens (including phenoxy) is 3. The smallest absolute Gasteiger partial charge is 0.324 e. The van der Waals surface area contributed by atoms with Crippen LogP contribution in [0.3, 0.4) is 0 Å². The molecule has 5 nitrogen and oxygen atoms in total. The van der Waals surface area contributed by atoms with E-state index in [4.69, 9.17) is 25.8 Å². The van der Waals surface area contributed by atoms with Crippen molar-refractivity contribution < 1.29 is 23.8 Å². The highest BCUT2D eigenvalue weighted by Crippen LogP contribution is 2.35. The van der Waals surface area contributed by atoms with Crippen LogP contribution in [0.5, 0.6) is 11.5 Å². The molecule has 0 bridgehead atoms. The molecule has 2 aromatic rings. The predicted molar refractivity (Wildman–Crippen MR) is 162 cm³/mol. The van der Waals surface area contributed by atoms with E-state index < -0.39 is 22.9 Å². The quantitative estimate of drug-likeness (QED) is 0.0877. The van der Waals surface area contributed by atoms with Crippen molar-refractivity contribution >= 4 is 23.5 Å². The van der Waals surface area contributed by atoms with Gasteiger partial charge in [0.2, 0.25) is 5.06 Å². The van der Waals surface area contributed by atoms with E-state index in [0.717, 1.165) is 29.9 Å². The van der Waals surface area contributed by atoms with E-state index in [-0.39, 0.29) is 12.3 Å². The number of alkyl halides is 1. The molecule has 0 aromatic heterocycles. The summed E-state index contributed by atoms with van der Waals surface area (Å²) in [5.41, 5.74) is 2.03. The van der Waals surface area contributed by atoms with Gasteiger partial charge in [-0.2, -0.15) is 0 Å². The first-order valence-electron chi connectivity index (χ1n) is 14.6. The first kappa shape index (κ1) is 31.5. The van der Waals surface area contributed by atoms with Crippen LogP contribution < -0.4 is 9.47 Å². The maximum Gasteiger partial charge on any atom is 0.324 e. The van der Waals surface area contributed by atoms with Crippen LogP contribution in [0.2, 0.25) is 0 Å². The molecule has 0 amide bonds. The van der Waals surface area contributed by atoms with Crippen LogP contribution in [0.1, 0.15) is 78.6 Å². The van der Waals surface area contributed by atoms with Crippen LogP contribution in [0.4, 0.5) is 0 Å². The Morgan fingerprint density at radius 2 is 1.40 bits per heavy atom. The van der Waals surface area contributed by atoms with Crippen molar-refractivity contribution in [3.05, 3.63) is 72.8 Å². The number of carbonyl (C=O) groups is 2. The van der Waals surface area contributed by atoms with Gasteiger partial charge >= 0.3 is 11.9 Å². The Labute approximate surface area is 244 Å². The molecule has 1 aliphatic rings. The monoisotopic (exact) mass is 566 g/mol. The summed E-state index contributed by atoms with van der Waals surface area (Å²) in [4.78, 5) is 25.2. The molecular formula is C34H43ClO5. The van der Waals surface area contributed by atoms with Gasteiger partial charge in [0.05, 0.1) is 6.61 Å². The highest BCUT2D eigenvalue weighted by Gasteiger charge is 2.44. The summed E-state index contributed by atoms with van der Waals surface area (Å²) < 4.78 is 17.0. The maximum atomic E-state index is 13.0. The van der Waals surface area contributed by atoms with Crippen molar-refractivity contribution in [3.63, 3.8) is 0 Å². The zero-order valence-electron chi connectivity index (χ0n) is 24.1. The second-order valence-corrected chi connectivity index (χ2v) is 11.4. The van der Waals surface area contributed by atoms with Gasteiger partial charge < -0.3 is 14.2 Å². The van der Waals surface area contributed by atoms with Gasteiger partial charge in [0.25, 0.3) is 0 Å². The molecule has 40 heavy (non-hydrogen) atoms. The van der Waals surface area contributed by atoms with Crippen LogP contribution in [0, 0.1) is 11.8 Å². The number of allylic oxidation sites excluding steroid dienone is 2. The molecule has 2 unspecified atom stereocenters. The number of hydrogen-bond acceptors (Lipinski definition) is 5. The van der Waals surface area contributed by atoms with Crippen LogP contribution in [0.25, 0.3) is 11.1 Å². The minimum atomic E-state index is -1.62. The van der Waals surface area contributed by atoms with Gasteiger partial charge in [-0.05, 0) is 53.8 Å². The standard InChI is InChI=1S/C34H43ClO5/c1-4-5-6-7-8-9-10-13-24-38-29-19-15-27(16-20-29)28-17-21-30(22-18-28)39-33(37)31-14-11-12-23-34(31,35)40-32(36)25-26(2)3/h11-12,14-23,26,31H,4-10,13,24-25H2,1-3H3. The molecule has 0 saturated heterocycles. The van der Waals surface area contributed by atoms with Crippen molar-refractivity contribution in [1.82, 2.24) is 0 Å². The van der Waals surface area contributed by atoms with Gasteiger partial charge in [-0.3, -0.25) is 9.59 Å². The molecule has 0 aliphatic heterocycles. The molecule has 0 fully saturated rings. The average molecular weight is 567 g/mol. The van der Waals surface area contributed by atoms with Gasteiger partial charge in [-0.25, -0.2) is 0 Å². The van der Waals surface area contributed by atoms with E-state index in [1.165, 1.54) is 51.0 Å². The maximum absolute atomic E-state index is 13.0. The summed E-state index contributed by atoms with van der Waals surface area (Å²) in [6.45, 7) is 6.81. The van der Waals surface area contributed by atoms with E-state index in [2.05, 4.69) is 6.92 Å². The van der Waals surface area contributed by atoms with Crippen LogP contribution in [-0.2, 0) is 14.3 Å². The lowest BCUT2D eigenvalue weighted by molar-refractivity contribution is -0.156. The highest BCUT2D eigenvalue weighted by molar-refractivity contribution is 6.26. The van der Waals surface area contributed by atoms with Gasteiger partial charge in [0.1, 0.15) is 17.4 Å². The topological polar surface area (TPSA) is 61.8 Å². The zero-order valence-corrected chi connectivity index (χ0v) is 24.8. The van der Waals surface area contributed by atoms with E-state index in [0.29, 0.717) is 5.75 Å². The van der Waals surface area contributed by atoms with Crippen LogP contribution in [-0.4, -0.2) is 23.6 Å². The highest BCUT2D eigenvalue weighted by atomic mass is 35.5. The Kier molecular flexibility index (Phi) is 12.8. The average Bonchev–Trinajstić information content (AvgIpc) is 2.92. The van der Waals surface area contributed by atoms with Crippen LogP contribution >= 0.6 is 11.6 Å². The summed E-state index contributed by atoms with van der Waals surface area (Å²) in [7, 11) is 0. The number of benzene rings is 2. The molecule has 2 aromatic carbocycles. The second kappa shape index (κ2) is 16.3. The number of rotatable bonds is 16. The molecule has 0 radical (unpaired) electrons. The molecule has 6 heteroatoms. The summed E-state index contributed by atoms with van der Waals surface area (Å²) in [6.07, 6.45) is 16.9. The molecule has 216 valence electrons. The minimum Gasteiger partial charge on any atom is -0.494 e. The third kappa shape index (κ3) is 10.2. The number of carbonyl (C=O) groups excluding carboxylic acids is 2. The van der Waals surface area contributed by atoms with Crippen molar-refractivity contribution in [2.75, 3.05) is 6.61 Å². The Bertz CT molecular complexity index is 1120. The number of unbranched alkanes of at least 4 members (excludes halogenated alkanes) is 7. The fourth-order valence-electron chi connectivity index (χ4n) is 4.55. The second-order valence-electron chi connectivity index (χ2n) is 10.8. The summed E-state index contributed by atoms with van der Waals surface area (Å²) in [5, 5.41) is -1.62. The van der Waals surface area contributed by atoms with E-state index in [1.54, 1.807) is 30.4 Å². The largest absolute Gasteiger partial charge is 0.494 e. The molecule has 0 heterocycles. The van der Waals surface area contributed by atoms with Crippen molar-refractivity contribution in [3.8, 4) is 22.6 Å². The molecular weight excluding hydrogens is 524 g/mol. The Hall–Kier alpha value is -3.05. The Balaban J connectivity index is 1.47. The summed E-state index contributed by atoms with van der Waals surface area (Å²) in [6, 6.07) is 15.3. The molecule has 2 atom stereocenters. The van der Waals surface area contributed by atoms with Gasteiger partial charge in [0.15, 0.2) is 0 Å². The lowest BCUT2D eigenvalue weighted by Crippen LogP contribution is -2.42. The van der Waals surface area contributed by atoms with E-state index in [9.17, 15) is 9.59 Å². The Morgan fingerprint density at radius 1 is 0.825 bits per heavy atom. The molecule has 3 rings (SSSR count). The normalized spacial score (nSPS) is 18.1. The zero-order chi connectivity index (χ0) is 28.8. The van der Waals surface area contributed by atoms with E-state index in [1.807, 2.05) is 50.2 Å². The molecule has 0 spiro atoms.